The van der Waals surface area contributed by atoms with Crippen LogP contribution in [0.2, 0.25) is 0 Å². The Labute approximate surface area is 110 Å². The highest BCUT2D eigenvalue weighted by atomic mass is 19.1. The van der Waals surface area contributed by atoms with E-state index in [-0.39, 0.29) is 11.7 Å². The summed E-state index contributed by atoms with van der Waals surface area (Å²) in [6.45, 7) is 2.04. The Balaban J connectivity index is 2.30. The van der Waals surface area contributed by atoms with E-state index in [4.69, 9.17) is 0 Å². The third-order valence-corrected chi connectivity index (χ3v) is 3.66. The maximum atomic E-state index is 13.5. The van der Waals surface area contributed by atoms with E-state index in [2.05, 4.69) is 5.32 Å². The molecule has 104 valence electrons. The summed E-state index contributed by atoms with van der Waals surface area (Å²) < 4.78 is 26.7. The highest BCUT2D eigenvalue weighted by molar-refractivity contribution is 5.62. The van der Waals surface area contributed by atoms with E-state index in [1.54, 1.807) is 0 Å². The average molecular weight is 270 g/mol. The van der Waals surface area contributed by atoms with Crippen LogP contribution in [0, 0.1) is 27.7 Å². The molecular formula is C13H16F2N2O2. The van der Waals surface area contributed by atoms with Gasteiger partial charge in [-0.1, -0.05) is 19.8 Å². The Bertz CT molecular complexity index is 494. The van der Waals surface area contributed by atoms with Gasteiger partial charge >= 0.3 is 5.69 Å². The smallest absolute Gasteiger partial charge is 0.327 e. The Kier molecular flexibility index (Phi) is 3.97. The first-order chi connectivity index (χ1) is 8.99. The number of nitro groups is 1. The normalized spacial score (nSPS) is 23.1. The molecule has 1 aliphatic carbocycles. The molecule has 0 spiro atoms. The monoisotopic (exact) mass is 270 g/mol. The summed E-state index contributed by atoms with van der Waals surface area (Å²) in [5.74, 6) is -1.62. The lowest BCUT2D eigenvalue weighted by Gasteiger charge is -2.30. The molecule has 0 aliphatic heterocycles. The fourth-order valence-electron chi connectivity index (χ4n) is 2.59. The zero-order valence-electron chi connectivity index (χ0n) is 10.7. The molecule has 0 heterocycles. The molecule has 6 heteroatoms. The summed E-state index contributed by atoms with van der Waals surface area (Å²) in [5.41, 5.74) is -0.750. The summed E-state index contributed by atoms with van der Waals surface area (Å²) in [5, 5.41) is 13.8. The highest BCUT2D eigenvalue weighted by Gasteiger charge is 2.27. The molecule has 0 saturated heterocycles. The average Bonchev–Trinajstić information content (AvgIpc) is 2.30. The molecule has 0 radical (unpaired) electrons. The summed E-state index contributed by atoms with van der Waals surface area (Å²) in [4.78, 5) is 10.1. The van der Waals surface area contributed by atoms with Gasteiger partial charge in [0.2, 0.25) is 5.82 Å². The van der Waals surface area contributed by atoms with Crippen molar-refractivity contribution in [1.29, 1.82) is 0 Å². The lowest BCUT2D eigenvalue weighted by atomic mass is 9.86. The molecule has 2 unspecified atom stereocenters. The molecule has 1 aromatic carbocycles. The molecule has 0 amide bonds. The molecule has 1 aromatic rings. The standard InChI is InChI=1S/C13H16F2N2O2/c1-8-4-2-3-5-11(8)16-12-7-9(14)6-10(15)13(12)17(18)19/h6-8,11,16H,2-5H2,1H3. The molecule has 1 N–H and O–H groups in total. The number of anilines is 1. The lowest BCUT2D eigenvalue weighted by Crippen LogP contribution is -2.30. The van der Waals surface area contributed by atoms with Gasteiger partial charge in [0.05, 0.1) is 4.92 Å². The van der Waals surface area contributed by atoms with Gasteiger partial charge in [0.25, 0.3) is 0 Å². The Morgan fingerprint density at radius 2 is 2.00 bits per heavy atom. The minimum Gasteiger partial charge on any atom is -0.376 e. The first kappa shape index (κ1) is 13.7. The molecule has 1 fully saturated rings. The SMILES string of the molecule is CC1CCCCC1Nc1cc(F)cc(F)c1[N+](=O)[O-]. The lowest BCUT2D eigenvalue weighted by molar-refractivity contribution is -0.386. The number of rotatable bonds is 3. The van der Waals surface area contributed by atoms with Crippen LogP contribution in [-0.4, -0.2) is 11.0 Å². The van der Waals surface area contributed by atoms with E-state index in [0.717, 1.165) is 31.7 Å². The quantitative estimate of drug-likeness (QED) is 0.670. The molecule has 1 saturated carbocycles. The minimum absolute atomic E-state index is 0.0219. The van der Waals surface area contributed by atoms with Crippen LogP contribution in [0.5, 0.6) is 0 Å². The first-order valence-corrected chi connectivity index (χ1v) is 6.39. The third kappa shape index (κ3) is 3.00. The molecule has 4 nitrogen and oxygen atoms in total. The van der Waals surface area contributed by atoms with Gasteiger partial charge in [0.1, 0.15) is 11.5 Å². The predicted molar refractivity (Wildman–Crippen MR) is 68.1 cm³/mol. The van der Waals surface area contributed by atoms with Crippen LogP contribution in [0.3, 0.4) is 0 Å². The van der Waals surface area contributed by atoms with Gasteiger partial charge in [0.15, 0.2) is 0 Å². The van der Waals surface area contributed by atoms with Crippen LogP contribution in [-0.2, 0) is 0 Å². The molecule has 19 heavy (non-hydrogen) atoms. The summed E-state index contributed by atoms with van der Waals surface area (Å²) in [7, 11) is 0. The molecule has 2 atom stereocenters. The zero-order valence-corrected chi connectivity index (χ0v) is 10.7. The van der Waals surface area contributed by atoms with Crippen molar-refractivity contribution in [2.45, 2.75) is 38.6 Å². The first-order valence-electron chi connectivity index (χ1n) is 6.39. The van der Waals surface area contributed by atoms with Crippen molar-refractivity contribution in [3.63, 3.8) is 0 Å². The molecule has 1 aliphatic rings. The van der Waals surface area contributed by atoms with Crippen molar-refractivity contribution in [2.24, 2.45) is 5.92 Å². The fraction of sp³-hybridized carbons (Fsp3) is 0.538. The van der Waals surface area contributed by atoms with Crippen molar-refractivity contribution in [3.8, 4) is 0 Å². The van der Waals surface area contributed by atoms with Crippen LogP contribution in [0.4, 0.5) is 20.2 Å². The number of hydrogen-bond acceptors (Lipinski definition) is 3. The van der Waals surface area contributed by atoms with Crippen LogP contribution in [0.1, 0.15) is 32.6 Å². The van der Waals surface area contributed by atoms with Crippen molar-refractivity contribution in [2.75, 3.05) is 5.32 Å². The van der Waals surface area contributed by atoms with Crippen molar-refractivity contribution in [1.82, 2.24) is 0 Å². The molecule has 2 rings (SSSR count). The zero-order chi connectivity index (χ0) is 14.0. The second kappa shape index (κ2) is 5.50. The molecule has 0 bridgehead atoms. The van der Waals surface area contributed by atoms with E-state index in [9.17, 15) is 18.9 Å². The fourth-order valence-corrected chi connectivity index (χ4v) is 2.59. The maximum Gasteiger partial charge on any atom is 0.327 e. The third-order valence-electron chi connectivity index (χ3n) is 3.66. The molecular weight excluding hydrogens is 254 g/mol. The minimum atomic E-state index is -1.14. The van der Waals surface area contributed by atoms with Gasteiger partial charge in [-0.15, -0.1) is 0 Å². The van der Waals surface area contributed by atoms with E-state index in [1.165, 1.54) is 0 Å². The van der Waals surface area contributed by atoms with Gasteiger partial charge in [-0.3, -0.25) is 10.1 Å². The topological polar surface area (TPSA) is 55.2 Å². The second-order valence-electron chi connectivity index (χ2n) is 5.05. The van der Waals surface area contributed by atoms with Crippen LogP contribution >= 0.6 is 0 Å². The van der Waals surface area contributed by atoms with E-state index in [0.29, 0.717) is 12.0 Å². The Morgan fingerprint density at radius 1 is 1.32 bits per heavy atom. The number of halogens is 2. The summed E-state index contributed by atoms with van der Waals surface area (Å²) in [6, 6.07) is 1.55. The summed E-state index contributed by atoms with van der Waals surface area (Å²) in [6.07, 6.45) is 4.02. The van der Waals surface area contributed by atoms with Crippen LogP contribution < -0.4 is 5.32 Å². The maximum absolute atomic E-state index is 13.5. The Morgan fingerprint density at radius 3 is 2.63 bits per heavy atom. The van der Waals surface area contributed by atoms with Crippen molar-refractivity contribution >= 4 is 11.4 Å². The van der Waals surface area contributed by atoms with Crippen LogP contribution in [0.15, 0.2) is 12.1 Å². The number of hydrogen-bond donors (Lipinski definition) is 1. The van der Waals surface area contributed by atoms with Gasteiger partial charge < -0.3 is 5.32 Å². The van der Waals surface area contributed by atoms with Crippen LogP contribution in [0.25, 0.3) is 0 Å². The number of benzene rings is 1. The second-order valence-corrected chi connectivity index (χ2v) is 5.05. The predicted octanol–water partition coefficient (Wildman–Crippen LogP) is 3.86. The van der Waals surface area contributed by atoms with Gasteiger partial charge in [-0.05, 0) is 18.8 Å². The van der Waals surface area contributed by atoms with E-state index in [1.807, 2.05) is 6.92 Å². The molecule has 0 aromatic heterocycles. The highest BCUT2D eigenvalue weighted by Crippen LogP contribution is 2.33. The van der Waals surface area contributed by atoms with Crippen molar-refractivity contribution in [3.05, 3.63) is 33.9 Å². The van der Waals surface area contributed by atoms with Gasteiger partial charge in [0, 0.05) is 18.2 Å². The number of nitrogens with one attached hydrogen (secondary N) is 1. The van der Waals surface area contributed by atoms with E-state index < -0.39 is 22.2 Å². The van der Waals surface area contributed by atoms with Gasteiger partial charge in [-0.25, -0.2) is 4.39 Å². The Hall–Kier alpha value is -1.72. The summed E-state index contributed by atoms with van der Waals surface area (Å²) >= 11 is 0. The van der Waals surface area contributed by atoms with Crippen molar-refractivity contribution < 1.29 is 13.7 Å². The van der Waals surface area contributed by atoms with E-state index >= 15 is 0 Å². The van der Waals surface area contributed by atoms with Gasteiger partial charge in [-0.2, -0.15) is 4.39 Å². The number of nitrogens with zero attached hydrogens (tertiary/aromatic N) is 1. The number of nitro benzene ring substituents is 1. The largest absolute Gasteiger partial charge is 0.376 e.